The minimum absolute atomic E-state index is 0.251. The number of nitrogens with one attached hydrogen (secondary N) is 1. The van der Waals surface area contributed by atoms with Crippen molar-refractivity contribution in [3.05, 3.63) is 47.4 Å². The fourth-order valence-electron chi connectivity index (χ4n) is 1.54. The van der Waals surface area contributed by atoms with E-state index in [0.29, 0.717) is 11.5 Å². The van der Waals surface area contributed by atoms with Gasteiger partial charge in [-0.3, -0.25) is 0 Å². The summed E-state index contributed by atoms with van der Waals surface area (Å²) in [6.07, 6.45) is 3.19. The number of aromatic nitrogens is 2. The SMILES string of the molecule is Cc1cccc(Nc2cnc(C(N)=S)cn2)c1C. The Kier molecular flexibility index (Phi) is 3.53. The zero-order valence-electron chi connectivity index (χ0n) is 10.3. The van der Waals surface area contributed by atoms with Gasteiger partial charge in [-0.15, -0.1) is 0 Å². The molecule has 1 aromatic carbocycles. The third-order valence-electron chi connectivity index (χ3n) is 2.77. The number of benzene rings is 1. The van der Waals surface area contributed by atoms with Crippen molar-refractivity contribution in [2.45, 2.75) is 13.8 Å². The highest BCUT2D eigenvalue weighted by atomic mass is 32.1. The Labute approximate surface area is 111 Å². The summed E-state index contributed by atoms with van der Waals surface area (Å²) < 4.78 is 0. The van der Waals surface area contributed by atoms with Crippen LogP contribution in [-0.2, 0) is 0 Å². The number of hydrogen-bond acceptors (Lipinski definition) is 4. The lowest BCUT2D eigenvalue weighted by molar-refractivity contribution is 1.17. The molecule has 18 heavy (non-hydrogen) atoms. The molecule has 0 unspecified atom stereocenters. The summed E-state index contributed by atoms with van der Waals surface area (Å²) in [4.78, 5) is 8.61. The molecule has 2 rings (SSSR count). The van der Waals surface area contributed by atoms with Gasteiger partial charge in [-0.1, -0.05) is 24.4 Å². The van der Waals surface area contributed by atoms with Crippen LogP contribution in [0.2, 0.25) is 0 Å². The molecule has 92 valence electrons. The molecule has 0 aliphatic carbocycles. The van der Waals surface area contributed by atoms with Crippen molar-refractivity contribution in [1.82, 2.24) is 9.97 Å². The summed E-state index contributed by atoms with van der Waals surface area (Å²) in [5.74, 6) is 0.670. The summed E-state index contributed by atoms with van der Waals surface area (Å²) in [5, 5.41) is 3.22. The number of thiocarbonyl (C=S) groups is 1. The van der Waals surface area contributed by atoms with Crippen molar-refractivity contribution in [2.24, 2.45) is 5.73 Å². The molecule has 4 nitrogen and oxygen atoms in total. The second kappa shape index (κ2) is 5.10. The molecule has 1 heterocycles. The van der Waals surface area contributed by atoms with E-state index in [2.05, 4.69) is 35.2 Å². The van der Waals surface area contributed by atoms with Crippen LogP contribution in [0.5, 0.6) is 0 Å². The van der Waals surface area contributed by atoms with Gasteiger partial charge in [0.15, 0.2) is 0 Å². The number of nitrogens with two attached hydrogens (primary N) is 1. The van der Waals surface area contributed by atoms with Crippen molar-refractivity contribution in [3.8, 4) is 0 Å². The number of anilines is 2. The summed E-state index contributed by atoms with van der Waals surface area (Å²) >= 11 is 4.83. The van der Waals surface area contributed by atoms with Gasteiger partial charge in [0.05, 0.1) is 12.4 Å². The molecule has 5 heteroatoms. The van der Waals surface area contributed by atoms with Crippen LogP contribution in [0.25, 0.3) is 0 Å². The highest BCUT2D eigenvalue weighted by molar-refractivity contribution is 7.80. The van der Waals surface area contributed by atoms with E-state index in [1.165, 1.54) is 11.1 Å². The quantitative estimate of drug-likeness (QED) is 0.828. The van der Waals surface area contributed by atoms with Crippen molar-refractivity contribution in [3.63, 3.8) is 0 Å². The van der Waals surface area contributed by atoms with Crippen molar-refractivity contribution >= 4 is 28.7 Å². The Balaban J connectivity index is 2.24. The zero-order valence-corrected chi connectivity index (χ0v) is 11.1. The monoisotopic (exact) mass is 258 g/mol. The van der Waals surface area contributed by atoms with Gasteiger partial charge in [0.2, 0.25) is 0 Å². The summed E-state index contributed by atoms with van der Waals surface area (Å²) in [6, 6.07) is 6.08. The van der Waals surface area contributed by atoms with Crippen LogP contribution in [0.3, 0.4) is 0 Å². The van der Waals surface area contributed by atoms with Gasteiger partial charge in [-0.2, -0.15) is 0 Å². The maximum atomic E-state index is 5.47. The third kappa shape index (κ3) is 2.62. The van der Waals surface area contributed by atoms with Gasteiger partial charge < -0.3 is 11.1 Å². The van der Waals surface area contributed by atoms with E-state index in [-0.39, 0.29) is 4.99 Å². The molecule has 0 aliphatic heterocycles. The lowest BCUT2D eigenvalue weighted by atomic mass is 10.1. The zero-order chi connectivity index (χ0) is 13.1. The summed E-state index contributed by atoms with van der Waals surface area (Å²) in [5.41, 5.74) is 9.44. The molecule has 0 amide bonds. The van der Waals surface area contributed by atoms with Crippen LogP contribution in [0.15, 0.2) is 30.6 Å². The smallest absolute Gasteiger partial charge is 0.148 e. The fraction of sp³-hybridized carbons (Fsp3) is 0.154. The number of rotatable bonds is 3. The molecule has 0 saturated carbocycles. The summed E-state index contributed by atoms with van der Waals surface area (Å²) in [6.45, 7) is 4.14. The second-order valence-corrected chi connectivity index (χ2v) is 4.46. The Morgan fingerprint density at radius 1 is 1.22 bits per heavy atom. The molecule has 0 spiro atoms. The first-order chi connectivity index (χ1) is 8.58. The Bertz CT molecular complexity index is 578. The first kappa shape index (κ1) is 12.4. The van der Waals surface area contributed by atoms with Crippen LogP contribution >= 0.6 is 12.2 Å². The van der Waals surface area contributed by atoms with Crippen LogP contribution < -0.4 is 11.1 Å². The van der Waals surface area contributed by atoms with E-state index in [9.17, 15) is 0 Å². The lowest BCUT2D eigenvalue weighted by Crippen LogP contribution is -2.12. The first-order valence-corrected chi connectivity index (χ1v) is 5.94. The molecule has 0 saturated heterocycles. The van der Waals surface area contributed by atoms with E-state index in [0.717, 1.165) is 5.69 Å². The van der Waals surface area contributed by atoms with Crippen LogP contribution in [0.4, 0.5) is 11.5 Å². The normalized spacial score (nSPS) is 10.1. The fourth-order valence-corrected chi connectivity index (χ4v) is 1.65. The molecule has 0 radical (unpaired) electrons. The molecule has 0 atom stereocenters. The van der Waals surface area contributed by atoms with Gasteiger partial charge in [0, 0.05) is 5.69 Å². The predicted molar refractivity (Wildman–Crippen MR) is 77.1 cm³/mol. The molecule has 0 bridgehead atoms. The Hall–Kier alpha value is -2.01. The van der Waals surface area contributed by atoms with E-state index >= 15 is 0 Å². The maximum absolute atomic E-state index is 5.47. The molecule has 0 aliphatic rings. The van der Waals surface area contributed by atoms with Crippen LogP contribution in [0.1, 0.15) is 16.8 Å². The number of hydrogen-bond donors (Lipinski definition) is 2. The molecular weight excluding hydrogens is 244 g/mol. The highest BCUT2D eigenvalue weighted by Crippen LogP contribution is 2.21. The minimum Gasteiger partial charge on any atom is -0.388 e. The topological polar surface area (TPSA) is 63.8 Å². The highest BCUT2D eigenvalue weighted by Gasteiger charge is 2.03. The Morgan fingerprint density at radius 3 is 2.61 bits per heavy atom. The first-order valence-electron chi connectivity index (χ1n) is 5.53. The number of aryl methyl sites for hydroxylation is 1. The van der Waals surface area contributed by atoms with Crippen LogP contribution in [0, 0.1) is 13.8 Å². The largest absolute Gasteiger partial charge is 0.388 e. The molecule has 3 N–H and O–H groups in total. The average molecular weight is 258 g/mol. The Morgan fingerprint density at radius 2 is 2.00 bits per heavy atom. The molecular formula is C13H14N4S. The van der Waals surface area contributed by atoms with Gasteiger partial charge in [-0.25, -0.2) is 9.97 Å². The maximum Gasteiger partial charge on any atom is 0.148 e. The molecule has 0 fully saturated rings. The van der Waals surface area contributed by atoms with Gasteiger partial charge in [0.1, 0.15) is 16.5 Å². The van der Waals surface area contributed by atoms with Gasteiger partial charge in [0.25, 0.3) is 0 Å². The van der Waals surface area contributed by atoms with Crippen molar-refractivity contribution in [1.29, 1.82) is 0 Å². The average Bonchev–Trinajstić information content (AvgIpc) is 2.36. The van der Waals surface area contributed by atoms with E-state index < -0.39 is 0 Å². The third-order valence-corrected chi connectivity index (χ3v) is 2.98. The van der Waals surface area contributed by atoms with Crippen LogP contribution in [-0.4, -0.2) is 15.0 Å². The van der Waals surface area contributed by atoms with E-state index in [1.54, 1.807) is 12.4 Å². The summed E-state index contributed by atoms with van der Waals surface area (Å²) in [7, 11) is 0. The van der Waals surface area contributed by atoms with E-state index in [1.807, 2.05) is 12.1 Å². The van der Waals surface area contributed by atoms with Gasteiger partial charge in [-0.05, 0) is 31.0 Å². The van der Waals surface area contributed by atoms with Gasteiger partial charge >= 0.3 is 0 Å². The number of nitrogens with zero attached hydrogens (tertiary/aromatic N) is 2. The van der Waals surface area contributed by atoms with Crippen molar-refractivity contribution < 1.29 is 0 Å². The van der Waals surface area contributed by atoms with E-state index in [4.69, 9.17) is 18.0 Å². The minimum atomic E-state index is 0.251. The lowest BCUT2D eigenvalue weighted by Gasteiger charge is -2.10. The standard InChI is InChI=1S/C13H14N4S/c1-8-4-3-5-10(9(8)2)17-12-7-15-11(6-16-12)13(14)18/h3-7H,1-2H3,(H2,14,18)(H,16,17). The molecule has 2 aromatic rings. The van der Waals surface area contributed by atoms with Crippen molar-refractivity contribution in [2.75, 3.05) is 5.32 Å². The second-order valence-electron chi connectivity index (χ2n) is 4.02. The predicted octanol–water partition coefficient (Wildman–Crippen LogP) is 2.47. The molecule has 1 aromatic heterocycles.